The SMILES string of the molecule is CCCCCCOCCOCCOS(C)(=O)=O. The van der Waals surface area contributed by atoms with E-state index in [1.165, 1.54) is 19.3 Å². The molecule has 0 aromatic carbocycles. The van der Waals surface area contributed by atoms with Crippen LogP contribution in [0.1, 0.15) is 32.6 Å². The highest BCUT2D eigenvalue weighted by atomic mass is 32.2. The molecule has 0 spiro atoms. The lowest BCUT2D eigenvalue weighted by Gasteiger charge is -2.05. The summed E-state index contributed by atoms with van der Waals surface area (Å²) in [6, 6.07) is 0. The Morgan fingerprint density at radius 3 is 2.00 bits per heavy atom. The van der Waals surface area contributed by atoms with E-state index in [4.69, 9.17) is 9.47 Å². The Labute approximate surface area is 105 Å². The normalized spacial score (nSPS) is 11.9. The van der Waals surface area contributed by atoms with Gasteiger partial charge in [0.2, 0.25) is 0 Å². The zero-order chi connectivity index (χ0) is 13.0. The third-order valence-electron chi connectivity index (χ3n) is 2.04. The summed E-state index contributed by atoms with van der Waals surface area (Å²) in [4.78, 5) is 0. The molecule has 0 saturated carbocycles. The van der Waals surface area contributed by atoms with E-state index in [0.29, 0.717) is 13.2 Å². The molecule has 0 rings (SSSR count). The lowest BCUT2D eigenvalue weighted by Crippen LogP contribution is -2.12. The van der Waals surface area contributed by atoms with Crippen LogP contribution in [0.5, 0.6) is 0 Å². The zero-order valence-corrected chi connectivity index (χ0v) is 11.6. The van der Waals surface area contributed by atoms with Gasteiger partial charge < -0.3 is 9.47 Å². The topological polar surface area (TPSA) is 61.8 Å². The van der Waals surface area contributed by atoms with E-state index in [-0.39, 0.29) is 13.2 Å². The molecule has 17 heavy (non-hydrogen) atoms. The van der Waals surface area contributed by atoms with Crippen molar-refractivity contribution in [3.63, 3.8) is 0 Å². The second kappa shape index (κ2) is 11.0. The Kier molecular flexibility index (Phi) is 10.8. The summed E-state index contributed by atoms with van der Waals surface area (Å²) >= 11 is 0. The summed E-state index contributed by atoms with van der Waals surface area (Å²) in [6.45, 7) is 4.30. The Bertz CT molecular complexity index is 251. The summed E-state index contributed by atoms with van der Waals surface area (Å²) in [5.41, 5.74) is 0. The first-order valence-electron chi connectivity index (χ1n) is 6.06. The van der Waals surface area contributed by atoms with Gasteiger partial charge in [-0.05, 0) is 6.42 Å². The molecule has 0 aromatic heterocycles. The van der Waals surface area contributed by atoms with Gasteiger partial charge in [0, 0.05) is 6.61 Å². The molecule has 0 bridgehead atoms. The van der Waals surface area contributed by atoms with Crippen LogP contribution >= 0.6 is 0 Å². The third-order valence-corrected chi connectivity index (χ3v) is 2.63. The van der Waals surface area contributed by atoms with Gasteiger partial charge in [-0.3, -0.25) is 4.18 Å². The van der Waals surface area contributed by atoms with Crippen molar-refractivity contribution in [3.05, 3.63) is 0 Å². The smallest absolute Gasteiger partial charge is 0.264 e. The van der Waals surface area contributed by atoms with Crippen molar-refractivity contribution >= 4 is 10.1 Å². The van der Waals surface area contributed by atoms with Crippen molar-refractivity contribution in [1.29, 1.82) is 0 Å². The zero-order valence-electron chi connectivity index (χ0n) is 10.8. The Balaban J connectivity index is 3.04. The molecule has 0 aliphatic heterocycles. The monoisotopic (exact) mass is 268 g/mol. The van der Waals surface area contributed by atoms with Crippen LogP contribution in [0.4, 0.5) is 0 Å². The van der Waals surface area contributed by atoms with Gasteiger partial charge in [0.05, 0.1) is 32.7 Å². The largest absolute Gasteiger partial charge is 0.379 e. The summed E-state index contributed by atoms with van der Waals surface area (Å²) in [6.07, 6.45) is 5.79. The van der Waals surface area contributed by atoms with E-state index in [1.54, 1.807) is 0 Å². The van der Waals surface area contributed by atoms with Crippen LogP contribution in [0, 0.1) is 0 Å². The standard InChI is InChI=1S/C11H24O5S/c1-3-4-5-6-7-14-8-9-15-10-11-16-17(2,12)13/h3-11H2,1-2H3. The molecular weight excluding hydrogens is 244 g/mol. The first kappa shape index (κ1) is 16.8. The minimum Gasteiger partial charge on any atom is -0.379 e. The van der Waals surface area contributed by atoms with Gasteiger partial charge >= 0.3 is 0 Å². The summed E-state index contributed by atoms with van der Waals surface area (Å²) in [5.74, 6) is 0. The van der Waals surface area contributed by atoms with E-state index in [0.717, 1.165) is 19.3 Å². The van der Waals surface area contributed by atoms with Crippen molar-refractivity contribution in [1.82, 2.24) is 0 Å². The average molecular weight is 268 g/mol. The minimum atomic E-state index is -3.35. The fourth-order valence-corrected chi connectivity index (χ4v) is 1.57. The molecule has 0 radical (unpaired) electrons. The fraction of sp³-hybridized carbons (Fsp3) is 1.00. The minimum absolute atomic E-state index is 0.0648. The van der Waals surface area contributed by atoms with Gasteiger partial charge in [0.25, 0.3) is 10.1 Å². The van der Waals surface area contributed by atoms with Gasteiger partial charge in [-0.1, -0.05) is 26.2 Å². The fourth-order valence-electron chi connectivity index (χ4n) is 1.20. The molecular formula is C11H24O5S. The van der Waals surface area contributed by atoms with Crippen LogP contribution in [0.2, 0.25) is 0 Å². The predicted molar refractivity (Wildman–Crippen MR) is 66.6 cm³/mol. The second-order valence-electron chi connectivity index (χ2n) is 3.81. The third kappa shape index (κ3) is 15.8. The van der Waals surface area contributed by atoms with E-state index in [1.807, 2.05) is 0 Å². The van der Waals surface area contributed by atoms with Gasteiger partial charge in [-0.15, -0.1) is 0 Å². The van der Waals surface area contributed by atoms with Crippen LogP contribution in [-0.4, -0.2) is 47.7 Å². The van der Waals surface area contributed by atoms with Crippen molar-refractivity contribution < 1.29 is 22.1 Å². The first-order chi connectivity index (χ1) is 8.06. The highest BCUT2D eigenvalue weighted by Crippen LogP contribution is 1.98. The summed E-state index contributed by atoms with van der Waals surface area (Å²) in [5, 5.41) is 0. The van der Waals surface area contributed by atoms with Crippen LogP contribution in [-0.2, 0) is 23.8 Å². The summed E-state index contributed by atoms with van der Waals surface area (Å²) in [7, 11) is -3.35. The Morgan fingerprint density at radius 2 is 1.41 bits per heavy atom. The van der Waals surface area contributed by atoms with Crippen molar-refractivity contribution in [2.45, 2.75) is 32.6 Å². The average Bonchev–Trinajstić information content (AvgIpc) is 2.24. The quantitative estimate of drug-likeness (QED) is 0.397. The van der Waals surface area contributed by atoms with Crippen LogP contribution < -0.4 is 0 Å². The van der Waals surface area contributed by atoms with Crippen LogP contribution in [0.3, 0.4) is 0 Å². The van der Waals surface area contributed by atoms with E-state index in [9.17, 15) is 8.42 Å². The van der Waals surface area contributed by atoms with Gasteiger partial charge in [0.15, 0.2) is 0 Å². The van der Waals surface area contributed by atoms with Crippen LogP contribution in [0.15, 0.2) is 0 Å². The summed E-state index contributed by atoms with van der Waals surface area (Å²) < 4.78 is 36.2. The van der Waals surface area contributed by atoms with E-state index in [2.05, 4.69) is 11.1 Å². The Morgan fingerprint density at radius 1 is 0.824 bits per heavy atom. The molecule has 0 amide bonds. The molecule has 0 heterocycles. The molecule has 104 valence electrons. The Hall–Kier alpha value is -0.170. The predicted octanol–water partition coefficient (Wildman–Crippen LogP) is 1.58. The lowest BCUT2D eigenvalue weighted by atomic mass is 10.2. The van der Waals surface area contributed by atoms with E-state index < -0.39 is 10.1 Å². The molecule has 0 unspecified atom stereocenters. The number of hydrogen-bond acceptors (Lipinski definition) is 5. The molecule has 0 N–H and O–H groups in total. The maximum absolute atomic E-state index is 10.6. The number of unbranched alkanes of at least 4 members (excludes halogenated alkanes) is 3. The molecule has 5 nitrogen and oxygen atoms in total. The van der Waals surface area contributed by atoms with Gasteiger partial charge in [-0.25, -0.2) is 0 Å². The number of rotatable bonds is 12. The van der Waals surface area contributed by atoms with Crippen molar-refractivity contribution in [3.8, 4) is 0 Å². The molecule has 0 saturated heterocycles. The maximum atomic E-state index is 10.6. The van der Waals surface area contributed by atoms with Crippen molar-refractivity contribution in [2.24, 2.45) is 0 Å². The van der Waals surface area contributed by atoms with Crippen molar-refractivity contribution in [2.75, 3.05) is 39.3 Å². The highest BCUT2D eigenvalue weighted by molar-refractivity contribution is 7.85. The van der Waals surface area contributed by atoms with Gasteiger partial charge in [0.1, 0.15) is 0 Å². The lowest BCUT2D eigenvalue weighted by molar-refractivity contribution is 0.0361. The highest BCUT2D eigenvalue weighted by Gasteiger charge is 2.00. The molecule has 0 aliphatic rings. The first-order valence-corrected chi connectivity index (χ1v) is 7.88. The molecule has 0 fully saturated rings. The molecule has 0 aromatic rings. The second-order valence-corrected chi connectivity index (χ2v) is 5.46. The van der Waals surface area contributed by atoms with Crippen LogP contribution in [0.25, 0.3) is 0 Å². The maximum Gasteiger partial charge on any atom is 0.264 e. The molecule has 6 heteroatoms. The molecule has 0 atom stereocenters. The number of ether oxygens (including phenoxy) is 2. The number of hydrogen-bond donors (Lipinski definition) is 0. The van der Waals surface area contributed by atoms with Gasteiger partial charge in [-0.2, -0.15) is 8.42 Å². The molecule has 0 aliphatic carbocycles. The van der Waals surface area contributed by atoms with E-state index >= 15 is 0 Å².